The van der Waals surface area contributed by atoms with Gasteiger partial charge in [0.05, 0.1) is 25.2 Å². The fourth-order valence-electron chi connectivity index (χ4n) is 3.49. The van der Waals surface area contributed by atoms with Gasteiger partial charge < -0.3 is 20.3 Å². The zero-order valence-corrected chi connectivity index (χ0v) is 21.5. The van der Waals surface area contributed by atoms with E-state index in [1.165, 1.54) is 18.2 Å². The second-order valence-electron chi connectivity index (χ2n) is 8.36. The fraction of sp³-hybridized carbons (Fsp3) is 0.240. The van der Waals surface area contributed by atoms with Crippen LogP contribution in [-0.4, -0.2) is 44.4 Å². The van der Waals surface area contributed by atoms with Crippen LogP contribution in [0.3, 0.4) is 0 Å². The van der Waals surface area contributed by atoms with E-state index < -0.39 is 21.7 Å². The lowest BCUT2D eigenvalue weighted by molar-refractivity contribution is -0.122. The Bertz CT molecular complexity index is 1320. The Labute approximate surface area is 215 Å². The zero-order chi connectivity index (χ0) is 26.5. The Kier molecular flexibility index (Phi) is 8.47. The van der Waals surface area contributed by atoms with Crippen molar-refractivity contribution in [1.82, 2.24) is 5.32 Å². The van der Waals surface area contributed by atoms with Gasteiger partial charge in [0, 0.05) is 17.3 Å². The molecule has 0 fully saturated rings. The molecule has 0 aromatic heterocycles. The maximum Gasteiger partial charge on any atom is 0.249 e. The number of aromatic hydroxyl groups is 1. The smallest absolute Gasteiger partial charge is 0.249 e. The molecular formula is C25H28ClN3O6S. The molecule has 0 saturated carbocycles. The molecule has 0 radical (unpaired) electrons. The van der Waals surface area contributed by atoms with E-state index in [1.54, 1.807) is 62.6 Å². The Morgan fingerprint density at radius 3 is 2.31 bits per heavy atom. The highest BCUT2D eigenvalue weighted by Crippen LogP contribution is 2.30. The van der Waals surface area contributed by atoms with Crippen LogP contribution in [0, 0.1) is 0 Å². The van der Waals surface area contributed by atoms with Crippen molar-refractivity contribution in [2.45, 2.75) is 18.6 Å². The molecule has 3 rings (SSSR count). The standard InChI is InChI=1S/C25H28ClN3O6S/c1-25(17-5-11-20(35-2)12-6-17,24(32)28-19-9-7-18(26)8-10-19)27-15-23(31)16-4-13-22(30)21(14-16)29-36(3,33)34/h4-14,23,27,29-31H,15H2,1-3H3,(H,28,32). The van der Waals surface area contributed by atoms with Crippen LogP contribution in [0.25, 0.3) is 0 Å². The van der Waals surface area contributed by atoms with E-state index in [0.717, 1.165) is 6.26 Å². The van der Waals surface area contributed by atoms with Crippen molar-refractivity contribution in [2.75, 3.05) is 29.9 Å². The van der Waals surface area contributed by atoms with Crippen LogP contribution in [0.4, 0.5) is 11.4 Å². The molecule has 2 atom stereocenters. The van der Waals surface area contributed by atoms with Crippen LogP contribution in [0.2, 0.25) is 5.02 Å². The highest BCUT2D eigenvalue weighted by molar-refractivity contribution is 7.92. The second kappa shape index (κ2) is 11.2. The predicted molar refractivity (Wildman–Crippen MR) is 140 cm³/mol. The van der Waals surface area contributed by atoms with Crippen molar-refractivity contribution < 1.29 is 28.2 Å². The minimum Gasteiger partial charge on any atom is -0.506 e. The van der Waals surface area contributed by atoms with Crippen molar-refractivity contribution in [3.05, 3.63) is 82.9 Å². The number of ether oxygens (including phenoxy) is 1. The summed E-state index contributed by atoms with van der Waals surface area (Å²) in [6.07, 6.45) is -0.178. The van der Waals surface area contributed by atoms with Crippen LogP contribution in [0.1, 0.15) is 24.2 Å². The molecule has 0 aliphatic carbocycles. The highest BCUT2D eigenvalue weighted by Gasteiger charge is 2.35. The minimum atomic E-state index is -3.64. The van der Waals surface area contributed by atoms with Crippen molar-refractivity contribution in [3.8, 4) is 11.5 Å². The number of aliphatic hydroxyl groups is 1. The van der Waals surface area contributed by atoms with Gasteiger partial charge in [0.1, 0.15) is 17.0 Å². The van der Waals surface area contributed by atoms with Gasteiger partial charge in [-0.1, -0.05) is 29.8 Å². The normalized spacial score (nSPS) is 13.9. The Morgan fingerprint density at radius 2 is 1.72 bits per heavy atom. The Balaban J connectivity index is 1.86. The average molecular weight is 534 g/mol. The van der Waals surface area contributed by atoms with E-state index in [-0.39, 0.29) is 23.9 Å². The van der Waals surface area contributed by atoms with Crippen LogP contribution in [0.5, 0.6) is 11.5 Å². The number of hydrogen-bond donors (Lipinski definition) is 5. The predicted octanol–water partition coefficient (Wildman–Crippen LogP) is 3.60. The lowest BCUT2D eigenvalue weighted by atomic mass is 9.90. The van der Waals surface area contributed by atoms with Gasteiger partial charge in [-0.2, -0.15) is 0 Å². The molecule has 0 heterocycles. The number of rotatable bonds is 10. The molecule has 0 aliphatic rings. The molecule has 0 aliphatic heterocycles. The molecule has 5 N–H and O–H groups in total. The number of phenols is 1. The van der Waals surface area contributed by atoms with E-state index in [2.05, 4.69) is 15.4 Å². The number of amides is 1. The third kappa shape index (κ3) is 6.88. The number of halogens is 1. The maximum atomic E-state index is 13.4. The highest BCUT2D eigenvalue weighted by atomic mass is 35.5. The van der Waals surface area contributed by atoms with E-state index >= 15 is 0 Å². The number of aliphatic hydroxyl groups excluding tert-OH is 1. The molecule has 0 spiro atoms. The molecule has 0 saturated heterocycles. The third-order valence-electron chi connectivity index (χ3n) is 5.57. The van der Waals surface area contributed by atoms with Gasteiger partial charge in [0.25, 0.3) is 0 Å². The van der Waals surface area contributed by atoms with Crippen molar-refractivity contribution in [1.29, 1.82) is 0 Å². The number of sulfonamides is 1. The number of carbonyl (C=O) groups is 1. The summed E-state index contributed by atoms with van der Waals surface area (Å²) in [6, 6.07) is 17.7. The van der Waals surface area contributed by atoms with Crippen LogP contribution in [-0.2, 0) is 20.4 Å². The molecule has 0 bridgehead atoms. The lowest BCUT2D eigenvalue weighted by Gasteiger charge is -2.31. The summed E-state index contributed by atoms with van der Waals surface area (Å²) >= 11 is 5.94. The largest absolute Gasteiger partial charge is 0.506 e. The first-order chi connectivity index (χ1) is 16.9. The Morgan fingerprint density at radius 1 is 1.08 bits per heavy atom. The number of benzene rings is 3. The van der Waals surface area contributed by atoms with Gasteiger partial charge in [-0.15, -0.1) is 0 Å². The van der Waals surface area contributed by atoms with Gasteiger partial charge in [0.2, 0.25) is 15.9 Å². The summed E-state index contributed by atoms with van der Waals surface area (Å²) in [7, 11) is -2.10. The van der Waals surface area contributed by atoms with Gasteiger partial charge >= 0.3 is 0 Å². The maximum absolute atomic E-state index is 13.4. The summed E-state index contributed by atoms with van der Waals surface area (Å²) in [5.41, 5.74) is 0.153. The summed E-state index contributed by atoms with van der Waals surface area (Å²) in [6.45, 7) is 1.61. The summed E-state index contributed by atoms with van der Waals surface area (Å²) in [5, 5.41) is 27.3. The molecule has 2 unspecified atom stereocenters. The third-order valence-corrected chi connectivity index (χ3v) is 6.42. The minimum absolute atomic E-state index is 0.0625. The van der Waals surface area contributed by atoms with Crippen LogP contribution >= 0.6 is 11.6 Å². The van der Waals surface area contributed by atoms with E-state index in [0.29, 0.717) is 27.6 Å². The monoisotopic (exact) mass is 533 g/mol. The summed E-state index contributed by atoms with van der Waals surface area (Å²) in [4.78, 5) is 13.4. The van der Waals surface area contributed by atoms with Crippen LogP contribution in [0.15, 0.2) is 66.7 Å². The molecule has 1 amide bonds. The molecule has 36 heavy (non-hydrogen) atoms. The van der Waals surface area contributed by atoms with E-state index in [1.807, 2.05) is 0 Å². The van der Waals surface area contributed by atoms with Gasteiger partial charge in [0.15, 0.2) is 0 Å². The average Bonchev–Trinajstić information content (AvgIpc) is 2.84. The molecule has 11 heteroatoms. The number of carbonyl (C=O) groups excluding carboxylic acids is 1. The van der Waals surface area contributed by atoms with Gasteiger partial charge in [-0.25, -0.2) is 8.42 Å². The van der Waals surface area contributed by atoms with Crippen LogP contribution < -0.4 is 20.1 Å². The first-order valence-corrected chi connectivity index (χ1v) is 13.1. The number of phenolic OH excluding ortho intramolecular Hbond substituents is 1. The van der Waals surface area contributed by atoms with Crippen molar-refractivity contribution in [3.63, 3.8) is 0 Å². The van der Waals surface area contributed by atoms with Gasteiger partial charge in [-0.3, -0.25) is 14.8 Å². The molecular weight excluding hydrogens is 506 g/mol. The van der Waals surface area contributed by atoms with E-state index in [9.17, 15) is 23.4 Å². The van der Waals surface area contributed by atoms with Gasteiger partial charge in [-0.05, 0) is 66.6 Å². The molecule has 3 aromatic carbocycles. The summed E-state index contributed by atoms with van der Waals surface area (Å²) in [5.74, 6) is -0.0451. The van der Waals surface area contributed by atoms with E-state index in [4.69, 9.17) is 16.3 Å². The first kappa shape index (κ1) is 27.3. The summed E-state index contributed by atoms with van der Waals surface area (Å²) < 4.78 is 30.6. The lowest BCUT2D eigenvalue weighted by Crippen LogP contribution is -2.50. The molecule has 3 aromatic rings. The zero-order valence-electron chi connectivity index (χ0n) is 19.9. The SMILES string of the molecule is COc1ccc(C(C)(NCC(O)c2ccc(O)c(NS(C)(=O)=O)c2)C(=O)Nc2ccc(Cl)cc2)cc1. The first-order valence-electron chi connectivity index (χ1n) is 10.9. The number of hydrogen-bond acceptors (Lipinski definition) is 7. The molecule has 192 valence electrons. The molecule has 9 nitrogen and oxygen atoms in total. The van der Waals surface area contributed by atoms with Crippen molar-refractivity contribution >= 4 is 38.9 Å². The number of nitrogens with one attached hydrogen (secondary N) is 3. The van der Waals surface area contributed by atoms with Crippen molar-refractivity contribution in [2.24, 2.45) is 0 Å². The number of methoxy groups -OCH3 is 1. The topological polar surface area (TPSA) is 137 Å². The Hall–Kier alpha value is -3.31. The second-order valence-corrected chi connectivity index (χ2v) is 10.5. The quantitative estimate of drug-likeness (QED) is 0.251. The number of anilines is 2. The fourth-order valence-corrected chi connectivity index (χ4v) is 4.18.